The Morgan fingerprint density at radius 3 is 2.59 bits per heavy atom. The number of fused-ring (bicyclic) bond motifs is 1. The van der Waals surface area contributed by atoms with Crippen LogP contribution in [0.2, 0.25) is 0 Å². The SMILES string of the molecule is CCOc1cc2c(cc1NC(=O)C1CCN(C(=O)C3CC3)CC1)O[C@@H](C)C2. The first-order valence-electron chi connectivity index (χ1n) is 10.1. The summed E-state index contributed by atoms with van der Waals surface area (Å²) in [6.45, 7) is 5.87. The maximum atomic E-state index is 12.8. The molecule has 1 N–H and O–H groups in total. The molecule has 1 aromatic rings. The number of rotatable bonds is 5. The number of nitrogens with zero attached hydrogens (tertiary/aromatic N) is 1. The van der Waals surface area contributed by atoms with Crippen molar-refractivity contribution in [2.75, 3.05) is 25.0 Å². The van der Waals surface area contributed by atoms with E-state index < -0.39 is 0 Å². The molecule has 6 heteroatoms. The van der Waals surface area contributed by atoms with Crippen LogP contribution >= 0.6 is 0 Å². The molecule has 6 nitrogen and oxygen atoms in total. The second kappa shape index (κ2) is 7.41. The van der Waals surface area contributed by atoms with Crippen LogP contribution in [0.15, 0.2) is 12.1 Å². The predicted molar refractivity (Wildman–Crippen MR) is 102 cm³/mol. The van der Waals surface area contributed by atoms with Crippen LogP contribution in [0.5, 0.6) is 11.5 Å². The largest absolute Gasteiger partial charge is 0.492 e. The van der Waals surface area contributed by atoms with Crippen LogP contribution in [0, 0.1) is 11.8 Å². The summed E-state index contributed by atoms with van der Waals surface area (Å²) in [6, 6.07) is 3.86. The van der Waals surface area contributed by atoms with E-state index in [1.165, 1.54) is 0 Å². The van der Waals surface area contributed by atoms with E-state index >= 15 is 0 Å². The molecule has 0 aromatic heterocycles. The van der Waals surface area contributed by atoms with E-state index in [0.717, 1.165) is 30.6 Å². The van der Waals surface area contributed by atoms with Gasteiger partial charge in [-0.3, -0.25) is 9.59 Å². The molecular formula is C21H28N2O4. The van der Waals surface area contributed by atoms with Crippen molar-refractivity contribution < 1.29 is 19.1 Å². The van der Waals surface area contributed by atoms with E-state index in [1.807, 2.05) is 30.9 Å². The summed E-state index contributed by atoms with van der Waals surface area (Å²) in [5.41, 5.74) is 1.79. The second-order valence-corrected chi connectivity index (χ2v) is 7.88. The van der Waals surface area contributed by atoms with Crippen molar-refractivity contribution in [3.8, 4) is 11.5 Å². The molecule has 2 fully saturated rings. The topological polar surface area (TPSA) is 67.9 Å². The number of benzene rings is 1. The highest BCUT2D eigenvalue weighted by molar-refractivity contribution is 5.94. The van der Waals surface area contributed by atoms with Gasteiger partial charge in [0.25, 0.3) is 0 Å². The lowest BCUT2D eigenvalue weighted by Crippen LogP contribution is -2.42. The molecule has 27 heavy (non-hydrogen) atoms. The average Bonchev–Trinajstić information content (AvgIpc) is 3.44. The second-order valence-electron chi connectivity index (χ2n) is 7.88. The van der Waals surface area contributed by atoms with Crippen LogP contribution in [-0.4, -0.2) is 42.5 Å². The summed E-state index contributed by atoms with van der Waals surface area (Å²) >= 11 is 0. The fourth-order valence-corrected chi connectivity index (χ4v) is 4.00. The van der Waals surface area contributed by atoms with E-state index in [2.05, 4.69) is 5.32 Å². The van der Waals surface area contributed by atoms with Gasteiger partial charge < -0.3 is 19.7 Å². The lowest BCUT2D eigenvalue weighted by molar-refractivity contribution is -0.135. The third-order valence-corrected chi connectivity index (χ3v) is 5.66. The molecule has 0 radical (unpaired) electrons. The molecule has 4 rings (SSSR count). The highest BCUT2D eigenvalue weighted by Crippen LogP contribution is 2.38. The molecule has 2 amide bonds. The first kappa shape index (κ1) is 18.1. The molecule has 1 aliphatic carbocycles. The molecule has 0 bridgehead atoms. The Morgan fingerprint density at radius 2 is 1.93 bits per heavy atom. The average molecular weight is 372 g/mol. The quantitative estimate of drug-likeness (QED) is 0.863. The molecular weight excluding hydrogens is 344 g/mol. The Bertz CT molecular complexity index is 736. The lowest BCUT2D eigenvalue weighted by Gasteiger charge is -2.31. The van der Waals surface area contributed by atoms with Crippen molar-refractivity contribution in [1.82, 2.24) is 4.90 Å². The molecule has 3 aliphatic rings. The van der Waals surface area contributed by atoms with Crippen LogP contribution < -0.4 is 14.8 Å². The molecule has 1 saturated heterocycles. The smallest absolute Gasteiger partial charge is 0.227 e. The monoisotopic (exact) mass is 372 g/mol. The molecule has 2 heterocycles. The predicted octanol–water partition coefficient (Wildman–Crippen LogP) is 3.00. The minimum absolute atomic E-state index is 0.000435. The highest BCUT2D eigenvalue weighted by Gasteiger charge is 2.36. The number of anilines is 1. The summed E-state index contributed by atoms with van der Waals surface area (Å²) in [5, 5.41) is 3.04. The normalized spacial score (nSPS) is 22.1. The Labute approximate surface area is 160 Å². The summed E-state index contributed by atoms with van der Waals surface area (Å²) < 4.78 is 11.6. The van der Waals surface area contributed by atoms with Crippen molar-refractivity contribution in [2.24, 2.45) is 11.8 Å². The number of hydrogen-bond donors (Lipinski definition) is 1. The van der Waals surface area contributed by atoms with Gasteiger partial charge in [0.05, 0.1) is 12.3 Å². The van der Waals surface area contributed by atoms with Gasteiger partial charge in [0, 0.05) is 43.0 Å². The number of nitrogens with one attached hydrogen (secondary N) is 1. The number of hydrogen-bond acceptors (Lipinski definition) is 4. The first-order valence-corrected chi connectivity index (χ1v) is 10.1. The Balaban J connectivity index is 1.40. The maximum Gasteiger partial charge on any atom is 0.227 e. The van der Waals surface area contributed by atoms with Gasteiger partial charge in [-0.05, 0) is 45.6 Å². The van der Waals surface area contributed by atoms with Crippen LogP contribution in [-0.2, 0) is 16.0 Å². The van der Waals surface area contributed by atoms with Crippen molar-refractivity contribution in [1.29, 1.82) is 0 Å². The first-order chi connectivity index (χ1) is 13.0. The summed E-state index contributed by atoms with van der Waals surface area (Å²) in [7, 11) is 0. The van der Waals surface area contributed by atoms with Crippen LogP contribution in [0.4, 0.5) is 5.69 Å². The van der Waals surface area contributed by atoms with Crippen molar-refractivity contribution in [2.45, 2.75) is 52.1 Å². The van der Waals surface area contributed by atoms with E-state index in [1.54, 1.807) is 0 Å². The number of amides is 2. The summed E-state index contributed by atoms with van der Waals surface area (Å²) in [4.78, 5) is 26.9. The van der Waals surface area contributed by atoms with Gasteiger partial charge in [-0.15, -0.1) is 0 Å². The van der Waals surface area contributed by atoms with Gasteiger partial charge in [0.1, 0.15) is 17.6 Å². The zero-order valence-electron chi connectivity index (χ0n) is 16.1. The Morgan fingerprint density at radius 1 is 1.19 bits per heavy atom. The van der Waals surface area contributed by atoms with Crippen molar-refractivity contribution in [3.63, 3.8) is 0 Å². The fourth-order valence-electron chi connectivity index (χ4n) is 4.00. The number of ether oxygens (including phenoxy) is 2. The van der Waals surface area contributed by atoms with Gasteiger partial charge in [0.15, 0.2) is 0 Å². The zero-order valence-corrected chi connectivity index (χ0v) is 16.1. The summed E-state index contributed by atoms with van der Waals surface area (Å²) in [5.74, 6) is 1.97. The minimum Gasteiger partial charge on any atom is -0.492 e. The molecule has 0 unspecified atom stereocenters. The molecule has 1 aromatic carbocycles. The number of likely N-dealkylation sites (tertiary alicyclic amines) is 1. The fraction of sp³-hybridized carbons (Fsp3) is 0.619. The third kappa shape index (κ3) is 3.89. The number of carbonyl (C=O) groups excluding carboxylic acids is 2. The van der Waals surface area contributed by atoms with Gasteiger partial charge >= 0.3 is 0 Å². The van der Waals surface area contributed by atoms with E-state index in [0.29, 0.717) is 44.0 Å². The standard InChI is InChI=1S/C21H28N2O4/c1-3-26-19-11-16-10-13(2)27-18(16)12-17(19)22-20(24)14-6-8-23(9-7-14)21(25)15-4-5-15/h11-15H,3-10H2,1-2H3,(H,22,24)/t13-/m0/s1. The van der Waals surface area contributed by atoms with Gasteiger partial charge in [-0.25, -0.2) is 0 Å². The molecule has 1 atom stereocenters. The zero-order chi connectivity index (χ0) is 19.0. The van der Waals surface area contributed by atoms with E-state index in [9.17, 15) is 9.59 Å². The number of carbonyl (C=O) groups is 2. The Hall–Kier alpha value is -2.24. The van der Waals surface area contributed by atoms with E-state index in [4.69, 9.17) is 9.47 Å². The number of piperidine rings is 1. The minimum atomic E-state index is -0.0733. The lowest BCUT2D eigenvalue weighted by atomic mass is 9.95. The van der Waals surface area contributed by atoms with Crippen LogP contribution in [0.1, 0.15) is 45.1 Å². The van der Waals surface area contributed by atoms with E-state index in [-0.39, 0.29) is 29.8 Å². The maximum absolute atomic E-state index is 12.8. The Kier molecular flexibility index (Phi) is 4.98. The van der Waals surface area contributed by atoms with Gasteiger partial charge in [-0.2, -0.15) is 0 Å². The third-order valence-electron chi connectivity index (χ3n) is 5.66. The van der Waals surface area contributed by atoms with Crippen LogP contribution in [0.25, 0.3) is 0 Å². The summed E-state index contributed by atoms with van der Waals surface area (Å²) in [6.07, 6.45) is 4.49. The van der Waals surface area contributed by atoms with Crippen molar-refractivity contribution >= 4 is 17.5 Å². The molecule has 146 valence electrons. The van der Waals surface area contributed by atoms with Gasteiger partial charge in [0.2, 0.25) is 11.8 Å². The van der Waals surface area contributed by atoms with Gasteiger partial charge in [-0.1, -0.05) is 0 Å². The highest BCUT2D eigenvalue weighted by atomic mass is 16.5. The van der Waals surface area contributed by atoms with Crippen molar-refractivity contribution in [3.05, 3.63) is 17.7 Å². The van der Waals surface area contributed by atoms with Crippen LogP contribution in [0.3, 0.4) is 0 Å². The molecule has 2 aliphatic heterocycles. The molecule has 0 spiro atoms. The molecule has 1 saturated carbocycles.